The molecule has 0 saturated heterocycles. The van der Waals surface area contributed by atoms with Crippen molar-refractivity contribution in [3.63, 3.8) is 0 Å². The maximum absolute atomic E-state index is 8.89. The van der Waals surface area contributed by atoms with E-state index in [1.54, 1.807) is 0 Å². The highest BCUT2D eigenvalue weighted by Gasteiger charge is 2.25. The summed E-state index contributed by atoms with van der Waals surface area (Å²) in [6, 6.07) is 13.7. The van der Waals surface area contributed by atoms with E-state index in [4.69, 9.17) is 9.94 Å². The Morgan fingerprint density at radius 3 is 2.57 bits per heavy atom. The molecular weight excluding hydrogens is 398 g/mol. The van der Waals surface area contributed by atoms with Gasteiger partial charge in [0.15, 0.2) is 6.10 Å². The van der Waals surface area contributed by atoms with Gasteiger partial charge < -0.3 is 9.94 Å². The smallest absolute Gasteiger partial charge is 0.151 e. The van der Waals surface area contributed by atoms with Crippen LogP contribution in [0.3, 0.4) is 0 Å². The summed E-state index contributed by atoms with van der Waals surface area (Å²) in [5.74, 6) is 0.792. The number of halogens is 2. The highest BCUT2D eigenvalue weighted by atomic mass is 79.9. The third-order valence-electron chi connectivity index (χ3n) is 3.24. The Morgan fingerprint density at radius 1 is 1.10 bits per heavy atom. The largest absolute Gasteiger partial charge is 0.479 e. The molecule has 0 amide bonds. The van der Waals surface area contributed by atoms with Crippen molar-refractivity contribution < 1.29 is 9.94 Å². The van der Waals surface area contributed by atoms with Gasteiger partial charge in [-0.2, -0.15) is 0 Å². The van der Waals surface area contributed by atoms with E-state index in [1.807, 2.05) is 48.5 Å². The monoisotopic (exact) mass is 407 g/mol. The number of hydrogen-bond acceptors (Lipinski definition) is 3. The summed E-state index contributed by atoms with van der Waals surface area (Å²) >= 11 is 6.93. The first-order valence-electron chi connectivity index (χ1n) is 6.28. The van der Waals surface area contributed by atoms with E-state index in [0.717, 1.165) is 31.4 Å². The third kappa shape index (κ3) is 2.89. The Kier molecular flexibility index (Phi) is 4.12. The fourth-order valence-corrected chi connectivity index (χ4v) is 3.01. The molecule has 0 spiro atoms. The summed E-state index contributed by atoms with van der Waals surface area (Å²) in [7, 11) is 0. The van der Waals surface area contributed by atoms with Crippen molar-refractivity contribution in [2.75, 3.05) is 0 Å². The number of oxime groups is 1. The van der Waals surface area contributed by atoms with Crippen LogP contribution in [0.4, 0.5) is 0 Å². The second-order valence-electron chi connectivity index (χ2n) is 4.60. The average molecular weight is 409 g/mol. The lowest BCUT2D eigenvalue weighted by Crippen LogP contribution is -2.16. The second kappa shape index (κ2) is 6.03. The van der Waals surface area contributed by atoms with Crippen LogP contribution in [-0.2, 0) is 0 Å². The highest BCUT2D eigenvalue weighted by molar-refractivity contribution is 9.10. The van der Waals surface area contributed by atoms with E-state index in [0.29, 0.717) is 0 Å². The second-order valence-corrected chi connectivity index (χ2v) is 6.37. The number of para-hydroxylation sites is 1. The fraction of sp³-hybridized carbons (Fsp3) is 0.0625. The molecule has 3 rings (SSSR count). The quantitative estimate of drug-likeness (QED) is 0.422. The summed E-state index contributed by atoms with van der Waals surface area (Å²) in [4.78, 5) is 0. The van der Waals surface area contributed by atoms with Crippen molar-refractivity contribution in [1.29, 1.82) is 0 Å². The van der Waals surface area contributed by atoms with Gasteiger partial charge >= 0.3 is 0 Å². The van der Waals surface area contributed by atoms with Crippen LogP contribution in [0.15, 0.2) is 62.1 Å². The van der Waals surface area contributed by atoms with Gasteiger partial charge in [-0.05, 0) is 45.8 Å². The van der Waals surface area contributed by atoms with Crippen LogP contribution < -0.4 is 4.74 Å². The number of rotatable bonds is 2. The van der Waals surface area contributed by atoms with Crippen LogP contribution in [0.5, 0.6) is 5.75 Å². The van der Waals surface area contributed by atoms with Crippen LogP contribution in [-0.4, -0.2) is 11.4 Å². The van der Waals surface area contributed by atoms with Gasteiger partial charge in [0.2, 0.25) is 0 Å². The molecule has 21 heavy (non-hydrogen) atoms. The van der Waals surface area contributed by atoms with Crippen LogP contribution >= 0.6 is 31.9 Å². The SMILES string of the molecule is ON=CC1=Cc2cccc(Br)c2OC1c1ccc(Br)cc1. The molecular formula is C16H11Br2NO2. The van der Waals surface area contributed by atoms with Gasteiger partial charge in [-0.15, -0.1) is 0 Å². The first kappa shape index (κ1) is 14.4. The van der Waals surface area contributed by atoms with Gasteiger partial charge in [0.1, 0.15) is 5.75 Å². The summed E-state index contributed by atoms with van der Waals surface area (Å²) in [5.41, 5.74) is 2.74. The van der Waals surface area contributed by atoms with Crippen molar-refractivity contribution in [2.24, 2.45) is 5.16 Å². The average Bonchev–Trinajstić information content (AvgIpc) is 2.48. The van der Waals surface area contributed by atoms with Gasteiger partial charge in [0.25, 0.3) is 0 Å². The Balaban J connectivity index is 2.09. The van der Waals surface area contributed by atoms with Crippen LogP contribution in [0.1, 0.15) is 17.2 Å². The Labute approximate surface area is 139 Å². The molecule has 106 valence electrons. The number of nitrogens with zero attached hydrogens (tertiary/aromatic N) is 1. The molecule has 2 aromatic carbocycles. The summed E-state index contributed by atoms with van der Waals surface area (Å²) in [6.07, 6.45) is 3.08. The lowest BCUT2D eigenvalue weighted by molar-refractivity contribution is 0.242. The first-order chi connectivity index (χ1) is 10.2. The summed E-state index contributed by atoms with van der Waals surface area (Å²) < 4.78 is 8.03. The standard InChI is InChI=1S/C16H11Br2NO2/c17-13-6-4-10(5-7-13)15-12(9-19-20)8-11-2-1-3-14(18)16(11)21-15/h1-9,15,20H. The fourth-order valence-electron chi connectivity index (χ4n) is 2.27. The highest BCUT2D eigenvalue weighted by Crippen LogP contribution is 2.40. The molecule has 1 aliphatic rings. The van der Waals surface area contributed by atoms with E-state index < -0.39 is 0 Å². The topological polar surface area (TPSA) is 41.8 Å². The van der Waals surface area contributed by atoms with Crippen molar-refractivity contribution >= 4 is 44.2 Å². The Hall–Kier alpha value is -1.59. The molecule has 5 heteroatoms. The number of hydrogen-bond donors (Lipinski definition) is 1. The molecule has 0 aliphatic carbocycles. The predicted molar refractivity (Wildman–Crippen MR) is 89.9 cm³/mol. The lowest BCUT2D eigenvalue weighted by atomic mass is 9.97. The third-order valence-corrected chi connectivity index (χ3v) is 4.39. The van der Waals surface area contributed by atoms with E-state index in [2.05, 4.69) is 37.0 Å². The van der Waals surface area contributed by atoms with E-state index in [1.165, 1.54) is 6.21 Å². The maximum atomic E-state index is 8.89. The van der Waals surface area contributed by atoms with Crippen LogP contribution in [0.2, 0.25) is 0 Å². The van der Waals surface area contributed by atoms with Gasteiger partial charge in [-0.25, -0.2) is 0 Å². The molecule has 0 bridgehead atoms. The lowest BCUT2D eigenvalue weighted by Gasteiger charge is -2.26. The molecule has 1 heterocycles. The normalized spacial score (nSPS) is 17.2. The zero-order valence-electron chi connectivity index (χ0n) is 10.8. The zero-order chi connectivity index (χ0) is 14.8. The molecule has 0 fully saturated rings. The van der Waals surface area contributed by atoms with E-state index >= 15 is 0 Å². The Bertz CT molecular complexity index is 724. The number of benzene rings is 2. The van der Waals surface area contributed by atoms with Crippen molar-refractivity contribution in [1.82, 2.24) is 0 Å². The minimum absolute atomic E-state index is 0.305. The Morgan fingerprint density at radius 2 is 1.86 bits per heavy atom. The summed E-state index contributed by atoms with van der Waals surface area (Å²) in [5, 5.41) is 12.0. The molecule has 3 nitrogen and oxygen atoms in total. The number of fused-ring (bicyclic) bond motifs is 1. The van der Waals surface area contributed by atoms with Gasteiger partial charge in [-0.1, -0.05) is 45.4 Å². The summed E-state index contributed by atoms with van der Waals surface area (Å²) in [6.45, 7) is 0. The molecule has 1 N–H and O–H groups in total. The van der Waals surface area contributed by atoms with Crippen molar-refractivity contribution in [3.05, 3.63) is 68.1 Å². The minimum Gasteiger partial charge on any atom is -0.479 e. The van der Waals surface area contributed by atoms with Crippen molar-refractivity contribution in [2.45, 2.75) is 6.10 Å². The maximum Gasteiger partial charge on any atom is 0.151 e. The first-order valence-corrected chi connectivity index (χ1v) is 7.87. The molecule has 0 aromatic heterocycles. The van der Waals surface area contributed by atoms with E-state index in [9.17, 15) is 0 Å². The minimum atomic E-state index is -0.305. The van der Waals surface area contributed by atoms with Gasteiger partial charge in [0.05, 0.1) is 10.7 Å². The number of ether oxygens (including phenoxy) is 1. The molecule has 2 aromatic rings. The van der Waals surface area contributed by atoms with Crippen LogP contribution in [0.25, 0.3) is 6.08 Å². The molecule has 0 saturated carbocycles. The zero-order valence-corrected chi connectivity index (χ0v) is 14.0. The molecule has 1 atom stereocenters. The van der Waals surface area contributed by atoms with Gasteiger partial charge in [0, 0.05) is 15.6 Å². The van der Waals surface area contributed by atoms with Crippen molar-refractivity contribution in [3.8, 4) is 5.75 Å². The van der Waals surface area contributed by atoms with Crippen LogP contribution in [0, 0.1) is 0 Å². The van der Waals surface area contributed by atoms with Gasteiger partial charge in [-0.3, -0.25) is 0 Å². The molecule has 1 unspecified atom stereocenters. The van der Waals surface area contributed by atoms with E-state index in [-0.39, 0.29) is 6.10 Å². The molecule has 1 aliphatic heterocycles. The predicted octanol–water partition coefficient (Wildman–Crippen LogP) is 5.19. The molecule has 0 radical (unpaired) electrons.